The molecule has 0 spiro atoms. The Morgan fingerprint density at radius 2 is 1.95 bits per heavy atom. The first-order valence-corrected chi connectivity index (χ1v) is 6.67. The summed E-state index contributed by atoms with van der Waals surface area (Å²) in [6, 6.07) is 0.443. The molecular formula is C12H23N5O2. The number of aromatic nitrogens is 3. The van der Waals surface area contributed by atoms with Crippen LogP contribution in [0.15, 0.2) is 0 Å². The van der Waals surface area contributed by atoms with Gasteiger partial charge in [0.2, 0.25) is 11.9 Å². The molecule has 0 aromatic carbocycles. The molecule has 0 aliphatic rings. The lowest BCUT2D eigenvalue weighted by atomic mass is 10.2. The van der Waals surface area contributed by atoms with Crippen LogP contribution in [0.1, 0.15) is 33.1 Å². The molecule has 1 aromatic heterocycles. The van der Waals surface area contributed by atoms with E-state index in [4.69, 9.17) is 9.84 Å². The third-order valence-corrected chi connectivity index (χ3v) is 2.58. The minimum atomic E-state index is 0.134. The lowest BCUT2D eigenvalue weighted by Crippen LogP contribution is -2.22. The molecule has 0 aliphatic heterocycles. The highest BCUT2D eigenvalue weighted by molar-refractivity contribution is 5.36. The zero-order valence-electron chi connectivity index (χ0n) is 11.8. The molecule has 19 heavy (non-hydrogen) atoms. The highest BCUT2D eigenvalue weighted by Crippen LogP contribution is 2.13. The Hall–Kier alpha value is -1.63. The minimum Gasteiger partial charge on any atom is -0.463 e. The van der Waals surface area contributed by atoms with Gasteiger partial charge in [0.1, 0.15) is 0 Å². The monoisotopic (exact) mass is 269 g/mol. The largest absolute Gasteiger partial charge is 0.463 e. The van der Waals surface area contributed by atoms with Crippen molar-refractivity contribution in [2.45, 2.75) is 39.2 Å². The lowest BCUT2D eigenvalue weighted by molar-refractivity contribution is 0.277. The Morgan fingerprint density at radius 3 is 2.53 bits per heavy atom. The molecule has 1 heterocycles. The third kappa shape index (κ3) is 5.25. The van der Waals surface area contributed by atoms with E-state index in [1.54, 1.807) is 7.05 Å². The summed E-state index contributed by atoms with van der Waals surface area (Å²) >= 11 is 0. The molecule has 1 aromatic rings. The molecule has 0 bridgehead atoms. The molecule has 1 unspecified atom stereocenters. The zero-order valence-corrected chi connectivity index (χ0v) is 11.8. The van der Waals surface area contributed by atoms with Gasteiger partial charge >= 0.3 is 6.01 Å². The molecule has 1 atom stereocenters. The summed E-state index contributed by atoms with van der Waals surface area (Å²) < 4.78 is 5.42. The van der Waals surface area contributed by atoms with E-state index in [1.807, 2.05) is 13.8 Å². The van der Waals surface area contributed by atoms with Crippen molar-refractivity contribution in [1.82, 2.24) is 15.0 Å². The summed E-state index contributed by atoms with van der Waals surface area (Å²) in [5, 5.41) is 15.0. The van der Waals surface area contributed by atoms with Crippen molar-refractivity contribution < 1.29 is 9.84 Å². The first-order chi connectivity index (χ1) is 9.23. The summed E-state index contributed by atoms with van der Waals surface area (Å²) in [5.74, 6) is 0.924. The Bertz CT molecular complexity index is 375. The summed E-state index contributed by atoms with van der Waals surface area (Å²) in [7, 11) is 1.74. The van der Waals surface area contributed by atoms with E-state index in [1.165, 1.54) is 0 Å². The third-order valence-electron chi connectivity index (χ3n) is 2.58. The highest BCUT2D eigenvalue weighted by atomic mass is 16.5. The summed E-state index contributed by atoms with van der Waals surface area (Å²) in [6.45, 7) is 4.77. The maximum Gasteiger partial charge on any atom is 0.323 e. The molecule has 0 aliphatic carbocycles. The number of aliphatic hydroxyl groups excluding tert-OH is 1. The van der Waals surface area contributed by atoms with Crippen LogP contribution in [-0.4, -0.2) is 46.4 Å². The first-order valence-electron chi connectivity index (χ1n) is 6.67. The summed E-state index contributed by atoms with van der Waals surface area (Å²) in [4.78, 5) is 12.6. The van der Waals surface area contributed by atoms with E-state index in [-0.39, 0.29) is 12.6 Å². The zero-order chi connectivity index (χ0) is 14.1. The van der Waals surface area contributed by atoms with Crippen LogP contribution in [-0.2, 0) is 0 Å². The van der Waals surface area contributed by atoms with E-state index in [2.05, 4.69) is 25.6 Å². The van der Waals surface area contributed by atoms with Gasteiger partial charge in [0.15, 0.2) is 0 Å². The summed E-state index contributed by atoms with van der Waals surface area (Å²) in [5.41, 5.74) is 0. The molecule has 7 nitrogen and oxygen atoms in total. The Kier molecular flexibility index (Phi) is 6.88. The second-order valence-corrected chi connectivity index (χ2v) is 4.13. The maximum absolute atomic E-state index is 8.99. The van der Waals surface area contributed by atoms with Crippen molar-refractivity contribution in [3.8, 4) is 6.01 Å². The minimum absolute atomic E-state index is 0.134. The van der Waals surface area contributed by atoms with Crippen LogP contribution in [0.2, 0.25) is 0 Å². The molecule has 7 heteroatoms. The van der Waals surface area contributed by atoms with Crippen LogP contribution in [0.4, 0.5) is 11.9 Å². The first kappa shape index (κ1) is 15.4. The number of nitrogens with one attached hydrogen (secondary N) is 2. The van der Waals surface area contributed by atoms with Crippen molar-refractivity contribution >= 4 is 11.9 Å². The Labute approximate surface area is 113 Å². The molecule has 0 saturated carbocycles. The van der Waals surface area contributed by atoms with E-state index >= 15 is 0 Å². The maximum atomic E-state index is 8.99. The lowest BCUT2D eigenvalue weighted by Gasteiger charge is -2.16. The van der Waals surface area contributed by atoms with Crippen LogP contribution >= 0.6 is 0 Å². The molecule has 0 saturated heterocycles. The van der Waals surface area contributed by atoms with E-state index < -0.39 is 0 Å². The molecule has 0 amide bonds. The predicted molar refractivity (Wildman–Crippen MR) is 74.6 cm³/mol. The fourth-order valence-electron chi connectivity index (χ4n) is 1.51. The van der Waals surface area contributed by atoms with E-state index in [0.29, 0.717) is 30.9 Å². The molecule has 3 N–H and O–H groups in total. The number of rotatable bonds is 9. The highest BCUT2D eigenvalue weighted by Gasteiger charge is 2.11. The van der Waals surface area contributed by atoms with Gasteiger partial charge in [-0.3, -0.25) is 0 Å². The normalized spacial score (nSPS) is 12.0. The number of aliphatic hydroxyl groups is 1. The average Bonchev–Trinajstić information content (AvgIpc) is 2.44. The van der Waals surface area contributed by atoms with Crippen LogP contribution in [0.25, 0.3) is 0 Å². The van der Waals surface area contributed by atoms with Gasteiger partial charge in [-0.2, -0.15) is 15.0 Å². The standard InChI is InChI=1S/C12H23N5O2/c1-4-8-19-12-16-10(13-3)15-11(17-12)14-9(5-2)6-7-18/h9,18H,4-8H2,1-3H3,(H2,13,14,15,16,17). The van der Waals surface area contributed by atoms with Gasteiger partial charge in [0, 0.05) is 19.7 Å². The average molecular weight is 269 g/mol. The van der Waals surface area contributed by atoms with Crippen molar-refractivity contribution in [2.75, 3.05) is 30.9 Å². The van der Waals surface area contributed by atoms with Crippen molar-refractivity contribution in [2.24, 2.45) is 0 Å². The van der Waals surface area contributed by atoms with Gasteiger partial charge in [-0.1, -0.05) is 13.8 Å². The van der Waals surface area contributed by atoms with Crippen LogP contribution in [0.3, 0.4) is 0 Å². The van der Waals surface area contributed by atoms with Gasteiger partial charge in [-0.05, 0) is 19.3 Å². The quantitative estimate of drug-likeness (QED) is 0.621. The van der Waals surface area contributed by atoms with Crippen LogP contribution < -0.4 is 15.4 Å². The number of nitrogens with zero attached hydrogens (tertiary/aromatic N) is 3. The Balaban J connectivity index is 2.80. The van der Waals surface area contributed by atoms with Crippen molar-refractivity contribution in [3.63, 3.8) is 0 Å². The summed E-state index contributed by atoms with van der Waals surface area (Å²) in [6.07, 6.45) is 2.43. The van der Waals surface area contributed by atoms with Gasteiger partial charge in [-0.15, -0.1) is 0 Å². The van der Waals surface area contributed by atoms with Crippen LogP contribution in [0.5, 0.6) is 6.01 Å². The Morgan fingerprint density at radius 1 is 1.21 bits per heavy atom. The SMILES string of the molecule is CCCOc1nc(NC)nc(NC(CC)CCO)n1. The van der Waals surface area contributed by atoms with E-state index in [0.717, 1.165) is 12.8 Å². The van der Waals surface area contributed by atoms with Crippen molar-refractivity contribution in [1.29, 1.82) is 0 Å². The van der Waals surface area contributed by atoms with Gasteiger partial charge in [0.05, 0.1) is 6.61 Å². The number of hydrogen-bond donors (Lipinski definition) is 3. The van der Waals surface area contributed by atoms with Crippen molar-refractivity contribution in [3.05, 3.63) is 0 Å². The molecule has 1 rings (SSSR count). The van der Waals surface area contributed by atoms with E-state index in [9.17, 15) is 0 Å². The molecule has 108 valence electrons. The fourth-order valence-corrected chi connectivity index (χ4v) is 1.51. The van der Waals surface area contributed by atoms with Gasteiger partial charge in [0.25, 0.3) is 0 Å². The van der Waals surface area contributed by atoms with Gasteiger partial charge < -0.3 is 20.5 Å². The van der Waals surface area contributed by atoms with Crippen LogP contribution in [0, 0.1) is 0 Å². The second-order valence-electron chi connectivity index (χ2n) is 4.13. The molecule has 0 fully saturated rings. The fraction of sp³-hybridized carbons (Fsp3) is 0.750. The molecular weight excluding hydrogens is 246 g/mol. The number of ether oxygens (including phenoxy) is 1. The number of hydrogen-bond acceptors (Lipinski definition) is 7. The van der Waals surface area contributed by atoms with Gasteiger partial charge in [-0.25, -0.2) is 0 Å². The second kappa shape index (κ2) is 8.47. The molecule has 0 radical (unpaired) electrons. The predicted octanol–water partition coefficient (Wildman–Crippen LogP) is 1.27. The topological polar surface area (TPSA) is 92.2 Å². The smallest absolute Gasteiger partial charge is 0.323 e. The number of anilines is 2.